The van der Waals surface area contributed by atoms with Crippen molar-refractivity contribution >= 4 is 23.6 Å². The second kappa shape index (κ2) is 9.40. The van der Waals surface area contributed by atoms with E-state index in [0.29, 0.717) is 12.2 Å². The lowest BCUT2D eigenvalue weighted by Gasteiger charge is -2.30. The van der Waals surface area contributed by atoms with E-state index in [1.54, 1.807) is 0 Å². The number of carbonyl (C=O) groups excluding carboxylic acids is 1. The highest BCUT2D eigenvalue weighted by molar-refractivity contribution is 7.94. The van der Waals surface area contributed by atoms with E-state index >= 15 is 0 Å². The molecule has 3 aliphatic heterocycles. The summed E-state index contributed by atoms with van der Waals surface area (Å²) in [7, 11) is 1.43. The molecule has 4 atom stereocenters. The van der Waals surface area contributed by atoms with Crippen molar-refractivity contribution in [1.29, 1.82) is 0 Å². The Kier molecular flexibility index (Phi) is 6.87. The number of esters is 1. The third kappa shape index (κ3) is 4.28. The summed E-state index contributed by atoms with van der Waals surface area (Å²) in [6.07, 6.45) is -1.81. The summed E-state index contributed by atoms with van der Waals surface area (Å²) in [6, 6.07) is 7.58. The van der Waals surface area contributed by atoms with Gasteiger partial charge in [0, 0.05) is 10.5 Å². The lowest BCUT2D eigenvalue weighted by Crippen LogP contribution is -2.41. The van der Waals surface area contributed by atoms with Crippen molar-refractivity contribution in [2.75, 3.05) is 13.7 Å². The van der Waals surface area contributed by atoms with Gasteiger partial charge in [-0.25, -0.2) is 9.68 Å². The van der Waals surface area contributed by atoms with Crippen molar-refractivity contribution in [3.8, 4) is 0 Å². The van der Waals surface area contributed by atoms with Crippen LogP contribution in [0.15, 0.2) is 46.4 Å². The molecule has 3 aliphatic rings. The third-order valence-corrected chi connectivity index (χ3v) is 6.45. The van der Waals surface area contributed by atoms with E-state index in [1.807, 2.05) is 52.0 Å². The zero-order chi connectivity index (χ0) is 24.7. The van der Waals surface area contributed by atoms with E-state index in [9.17, 15) is 15.0 Å². The molecule has 0 aliphatic carbocycles. The second-order valence-corrected chi connectivity index (χ2v) is 9.26. The van der Waals surface area contributed by atoms with Gasteiger partial charge in [0.2, 0.25) is 5.76 Å². The number of aliphatic hydroxyl groups is 2. The summed E-state index contributed by atoms with van der Waals surface area (Å²) in [6.45, 7) is 7.56. The minimum absolute atomic E-state index is 0.0722. The van der Waals surface area contributed by atoms with Gasteiger partial charge in [0.1, 0.15) is 11.7 Å². The SMILES string of the molecule is CC[C@@]1(C)OC2(OC[C@@H]([C@H]3OC(=O)C(O)=C3O)O2)C(OC(C)C)=C1c1ccc(SOOC)cc1. The van der Waals surface area contributed by atoms with Crippen LogP contribution in [0.4, 0.5) is 0 Å². The second-order valence-electron chi connectivity index (χ2n) is 8.48. The molecule has 1 spiro atoms. The van der Waals surface area contributed by atoms with E-state index in [-0.39, 0.29) is 12.7 Å². The lowest BCUT2D eigenvalue weighted by molar-refractivity contribution is -0.344. The van der Waals surface area contributed by atoms with Crippen molar-refractivity contribution in [2.24, 2.45) is 0 Å². The third-order valence-electron chi connectivity index (χ3n) is 5.78. The molecule has 10 nitrogen and oxygen atoms in total. The van der Waals surface area contributed by atoms with Crippen molar-refractivity contribution in [1.82, 2.24) is 0 Å². The summed E-state index contributed by atoms with van der Waals surface area (Å²) >= 11 is 1.08. The Morgan fingerprint density at radius 1 is 1.24 bits per heavy atom. The first-order valence-corrected chi connectivity index (χ1v) is 11.6. The number of ether oxygens (including phenoxy) is 5. The molecule has 2 N–H and O–H groups in total. The highest BCUT2D eigenvalue weighted by atomic mass is 32.2. The Balaban J connectivity index is 1.72. The average molecular weight is 497 g/mol. The summed E-state index contributed by atoms with van der Waals surface area (Å²) in [5, 5.41) is 19.8. The zero-order valence-corrected chi connectivity index (χ0v) is 20.3. The molecule has 3 heterocycles. The molecule has 1 aromatic carbocycles. The number of aliphatic hydroxyl groups excluding tert-OH is 2. The van der Waals surface area contributed by atoms with Crippen LogP contribution in [0.5, 0.6) is 0 Å². The predicted octanol–water partition coefficient (Wildman–Crippen LogP) is 3.93. The molecule has 1 fully saturated rings. The number of cyclic esters (lactones) is 1. The molecule has 186 valence electrons. The maximum atomic E-state index is 11.7. The highest BCUT2D eigenvalue weighted by Gasteiger charge is 2.62. The average Bonchev–Trinajstić information content (AvgIpc) is 3.42. The van der Waals surface area contributed by atoms with Gasteiger partial charge in [-0.05, 0) is 44.9 Å². The molecule has 1 aromatic rings. The first-order chi connectivity index (χ1) is 16.1. The first kappa shape index (κ1) is 24.8. The highest BCUT2D eigenvalue weighted by Crippen LogP contribution is 2.53. The van der Waals surface area contributed by atoms with Gasteiger partial charge in [0.25, 0.3) is 0 Å². The fourth-order valence-electron chi connectivity index (χ4n) is 4.09. The molecule has 1 unspecified atom stereocenters. The largest absolute Gasteiger partial charge is 0.505 e. The molecular weight excluding hydrogens is 468 g/mol. The standard InChI is InChI=1S/C23H28O10S/c1-6-22(4)16(13-7-9-14(10-8-13)34-33-27-5)20(29-12(2)3)23(32-22)28-11-15(31-23)19-17(24)18(25)21(26)30-19/h7-10,12,15,19,24-25H,6,11H2,1-5H3/t15-,19+,22+,23?/m0/s1. The van der Waals surface area contributed by atoms with Gasteiger partial charge in [0.05, 0.1) is 31.9 Å². The fourth-order valence-corrected chi connectivity index (χ4v) is 4.48. The lowest BCUT2D eigenvalue weighted by atomic mass is 9.88. The van der Waals surface area contributed by atoms with E-state index in [1.165, 1.54) is 7.11 Å². The zero-order valence-electron chi connectivity index (χ0n) is 19.5. The monoisotopic (exact) mass is 496 g/mol. The number of carbonyl (C=O) groups is 1. The van der Waals surface area contributed by atoms with Crippen LogP contribution in [-0.4, -0.2) is 59.8 Å². The molecule has 1 saturated heterocycles. The molecule has 34 heavy (non-hydrogen) atoms. The fraction of sp³-hybridized carbons (Fsp3) is 0.522. The molecule has 0 radical (unpaired) electrons. The van der Waals surface area contributed by atoms with Crippen LogP contribution in [0.2, 0.25) is 0 Å². The topological polar surface area (TPSA) is 122 Å². The van der Waals surface area contributed by atoms with Crippen molar-refractivity contribution in [3.63, 3.8) is 0 Å². The molecule has 11 heteroatoms. The van der Waals surface area contributed by atoms with Gasteiger partial charge in [-0.1, -0.05) is 19.1 Å². The number of hydrogen-bond acceptors (Lipinski definition) is 11. The van der Waals surface area contributed by atoms with Gasteiger partial charge in [-0.3, -0.25) is 0 Å². The summed E-state index contributed by atoms with van der Waals surface area (Å²) in [4.78, 5) is 17.2. The normalized spacial score (nSPS) is 31.3. The quantitative estimate of drug-likeness (QED) is 0.236. The van der Waals surface area contributed by atoms with Crippen LogP contribution < -0.4 is 0 Å². The Bertz CT molecular complexity index is 1000. The van der Waals surface area contributed by atoms with Gasteiger partial charge in [-0.15, -0.1) is 0 Å². The van der Waals surface area contributed by atoms with Gasteiger partial charge in [-0.2, -0.15) is 4.33 Å². The summed E-state index contributed by atoms with van der Waals surface area (Å²) < 4.78 is 34.8. The molecule has 4 rings (SSSR count). The van der Waals surface area contributed by atoms with Gasteiger partial charge in [0.15, 0.2) is 17.6 Å². The van der Waals surface area contributed by atoms with Crippen LogP contribution in [-0.2, 0) is 37.7 Å². The Labute approximate surface area is 201 Å². The maximum Gasteiger partial charge on any atom is 0.377 e. The summed E-state index contributed by atoms with van der Waals surface area (Å²) in [5.74, 6) is -3.84. The molecular formula is C23H28O10S. The van der Waals surface area contributed by atoms with Crippen molar-refractivity contribution in [2.45, 2.75) is 68.9 Å². The van der Waals surface area contributed by atoms with Crippen molar-refractivity contribution < 1.29 is 47.9 Å². The maximum absolute atomic E-state index is 11.7. The Hall–Kier alpha value is -2.28. The molecule has 0 aromatic heterocycles. The predicted molar refractivity (Wildman–Crippen MR) is 119 cm³/mol. The van der Waals surface area contributed by atoms with Crippen LogP contribution in [0.1, 0.15) is 39.7 Å². The minimum Gasteiger partial charge on any atom is -0.505 e. The van der Waals surface area contributed by atoms with Crippen LogP contribution >= 0.6 is 12.0 Å². The van der Waals surface area contributed by atoms with Crippen LogP contribution in [0.25, 0.3) is 5.57 Å². The van der Waals surface area contributed by atoms with E-state index in [2.05, 4.69) is 4.89 Å². The summed E-state index contributed by atoms with van der Waals surface area (Å²) in [5.41, 5.74) is 0.741. The molecule has 0 saturated carbocycles. The number of benzene rings is 1. The molecule has 0 bridgehead atoms. The van der Waals surface area contributed by atoms with Gasteiger partial charge >= 0.3 is 11.9 Å². The Morgan fingerprint density at radius 2 is 1.94 bits per heavy atom. The number of rotatable bonds is 8. The first-order valence-electron chi connectivity index (χ1n) is 10.9. The Morgan fingerprint density at radius 3 is 2.50 bits per heavy atom. The van der Waals surface area contributed by atoms with Crippen LogP contribution in [0.3, 0.4) is 0 Å². The van der Waals surface area contributed by atoms with Crippen molar-refractivity contribution in [3.05, 3.63) is 47.1 Å². The van der Waals surface area contributed by atoms with E-state index < -0.39 is 41.3 Å². The van der Waals surface area contributed by atoms with E-state index in [0.717, 1.165) is 28.1 Å². The van der Waals surface area contributed by atoms with Gasteiger partial charge < -0.3 is 33.9 Å². The molecule has 0 amide bonds. The smallest absolute Gasteiger partial charge is 0.377 e. The van der Waals surface area contributed by atoms with E-state index in [4.69, 9.17) is 28.0 Å². The van der Waals surface area contributed by atoms with Crippen LogP contribution in [0, 0.1) is 0 Å². The minimum atomic E-state index is -1.72. The number of hydrogen-bond donors (Lipinski definition) is 2.